The summed E-state index contributed by atoms with van der Waals surface area (Å²) in [6.45, 7) is 4.65. The molecule has 0 aliphatic rings. The third kappa shape index (κ3) is 2.90. The zero-order chi connectivity index (χ0) is 13.0. The number of hydrogen-bond acceptors (Lipinski definition) is 4. The Balaban J connectivity index is 2.17. The van der Waals surface area contributed by atoms with Gasteiger partial charge in [0.1, 0.15) is 11.5 Å². The molecule has 0 amide bonds. The monoisotopic (exact) mass is 246 g/mol. The van der Waals surface area contributed by atoms with Gasteiger partial charge < -0.3 is 14.9 Å². The zero-order valence-corrected chi connectivity index (χ0v) is 10.7. The van der Waals surface area contributed by atoms with Gasteiger partial charge in [-0.15, -0.1) is 0 Å². The molecule has 18 heavy (non-hydrogen) atoms. The van der Waals surface area contributed by atoms with Crippen LogP contribution in [0.3, 0.4) is 0 Å². The molecule has 0 bridgehead atoms. The predicted molar refractivity (Wildman–Crippen MR) is 69.5 cm³/mol. The molecule has 4 nitrogen and oxygen atoms in total. The largest absolute Gasteiger partial charge is 0.492 e. The van der Waals surface area contributed by atoms with Crippen molar-refractivity contribution in [2.75, 3.05) is 6.61 Å². The second kappa shape index (κ2) is 5.69. The van der Waals surface area contributed by atoms with Crippen LogP contribution in [0.2, 0.25) is 0 Å². The first kappa shape index (κ1) is 12.6. The maximum absolute atomic E-state index is 6.17. The number of nitrogens with zero attached hydrogens (tertiary/aromatic N) is 1. The second-order valence-corrected chi connectivity index (χ2v) is 4.27. The fraction of sp³-hybridized carbons (Fsp3) is 0.357. The highest BCUT2D eigenvalue weighted by Gasteiger charge is 2.12. The maximum Gasteiger partial charge on any atom is 0.137 e. The lowest BCUT2D eigenvalue weighted by Crippen LogP contribution is -2.11. The summed E-state index contributed by atoms with van der Waals surface area (Å²) in [7, 11) is 0. The predicted octanol–water partition coefficient (Wildman–Crippen LogP) is 2.82. The molecule has 2 heterocycles. The molecular formula is C14H18N2O2. The molecule has 0 fully saturated rings. The number of aromatic nitrogens is 1. The lowest BCUT2D eigenvalue weighted by molar-refractivity contribution is 0.315. The van der Waals surface area contributed by atoms with E-state index in [0.717, 1.165) is 29.1 Å². The molecule has 0 aromatic carbocycles. The van der Waals surface area contributed by atoms with E-state index in [4.69, 9.17) is 14.9 Å². The van der Waals surface area contributed by atoms with Crippen LogP contribution in [0.5, 0.6) is 5.75 Å². The molecule has 0 saturated heterocycles. The van der Waals surface area contributed by atoms with Crippen molar-refractivity contribution in [2.45, 2.75) is 26.3 Å². The SMILES string of the molecule is CCCOc1cncc(C(N)c2coc(C)c2)c1. The van der Waals surface area contributed by atoms with Gasteiger partial charge in [-0.2, -0.15) is 0 Å². The van der Waals surface area contributed by atoms with Gasteiger partial charge in [0.15, 0.2) is 0 Å². The summed E-state index contributed by atoms with van der Waals surface area (Å²) in [5.74, 6) is 1.61. The number of pyridine rings is 1. The highest BCUT2D eigenvalue weighted by molar-refractivity contribution is 5.32. The van der Waals surface area contributed by atoms with E-state index in [9.17, 15) is 0 Å². The first-order valence-corrected chi connectivity index (χ1v) is 6.09. The molecule has 1 atom stereocenters. The van der Waals surface area contributed by atoms with Gasteiger partial charge in [0, 0.05) is 11.8 Å². The number of furan rings is 1. The van der Waals surface area contributed by atoms with Gasteiger partial charge in [-0.05, 0) is 31.0 Å². The fourth-order valence-corrected chi connectivity index (χ4v) is 1.72. The summed E-state index contributed by atoms with van der Waals surface area (Å²) in [6, 6.07) is 3.63. The van der Waals surface area contributed by atoms with Gasteiger partial charge >= 0.3 is 0 Å². The van der Waals surface area contributed by atoms with Crippen LogP contribution < -0.4 is 10.5 Å². The zero-order valence-electron chi connectivity index (χ0n) is 10.7. The lowest BCUT2D eigenvalue weighted by atomic mass is 10.0. The Labute approximate surface area is 107 Å². The average Bonchev–Trinajstić information content (AvgIpc) is 2.82. The van der Waals surface area contributed by atoms with Crippen LogP contribution in [0.15, 0.2) is 35.2 Å². The van der Waals surface area contributed by atoms with E-state index in [1.54, 1.807) is 18.7 Å². The Hall–Kier alpha value is -1.81. The molecule has 0 saturated carbocycles. The van der Waals surface area contributed by atoms with Crippen molar-refractivity contribution in [3.05, 3.63) is 47.7 Å². The van der Waals surface area contributed by atoms with Crippen molar-refractivity contribution >= 4 is 0 Å². The topological polar surface area (TPSA) is 61.3 Å². The molecule has 2 N–H and O–H groups in total. The summed E-state index contributed by atoms with van der Waals surface area (Å²) in [6.07, 6.45) is 6.11. The Bertz CT molecular complexity index is 508. The van der Waals surface area contributed by atoms with Gasteiger partial charge in [-0.3, -0.25) is 4.98 Å². The molecular weight excluding hydrogens is 228 g/mol. The van der Waals surface area contributed by atoms with Crippen LogP contribution in [0.1, 0.15) is 36.3 Å². The molecule has 2 aromatic rings. The molecule has 1 unspecified atom stereocenters. The third-order valence-corrected chi connectivity index (χ3v) is 2.68. The summed E-state index contributed by atoms with van der Waals surface area (Å²) >= 11 is 0. The summed E-state index contributed by atoms with van der Waals surface area (Å²) in [5.41, 5.74) is 8.04. The van der Waals surface area contributed by atoms with Crippen molar-refractivity contribution in [3.8, 4) is 5.75 Å². The minimum atomic E-state index is -0.236. The highest BCUT2D eigenvalue weighted by atomic mass is 16.5. The number of ether oxygens (including phenoxy) is 1. The van der Waals surface area contributed by atoms with E-state index >= 15 is 0 Å². The number of aryl methyl sites for hydroxylation is 1. The summed E-state index contributed by atoms with van der Waals surface area (Å²) < 4.78 is 10.8. The number of rotatable bonds is 5. The van der Waals surface area contributed by atoms with Crippen molar-refractivity contribution in [3.63, 3.8) is 0 Å². The standard InChI is InChI=1S/C14H18N2O2/c1-3-4-17-13-6-11(7-16-8-13)14(15)12-5-10(2)18-9-12/h5-9,14H,3-4,15H2,1-2H3. The van der Waals surface area contributed by atoms with Crippen LogP contribution in [0.4, 0.5) is 0 Å². The van der Waals surface area contributed by atoms with Gasteiger partial charge in [0.25, 0.3) is 0 Å². The summed E-state index contributed by atoms with van der Waals surface area (Å²) in [5, 5.41) is 0. The van der Waals surface area contributed by atoms with E-state index < -0.39 is 0 Å². The minimum Gasteiger partial charge on any atom is -0.492 e. The van der Waals surface area contributed by atoms with Crippen molar-refractivity contribution in [1.82, 2.24) is 4.98 Å². The van der Waals surface area contributed by atoms with Crippen molar-refractivity contribution in [2.24, 2.45) is 5.73 Å². The van der Waals surface area contributed by atoms with Gasteiger partial charge in [0.05, 0.1) is 25.1 Å². The van der Waals surface area contributed by atoms with Crippen LogP contribution in [-0.4, -0.2) is 11.6 Å². The minimum absolute atomic E-state index is 0.236. The van der Waals surface area contributed by atoms with Crippen LogP contribution in [0.25, 0.3) is 0 Å². The summed E-state index contributed by atoms with van der Waals surface area (Å²) in [4.78, 5) is 4.16. The molecule has 0 spiro atoms. The number of hydrogen-bond donors (Lipinski definition) is 1. The third-order valence-electron chi connectivity index (χ3n) is 2.68. The lowest BCUT2D eigenvalue weighted by Gasteiger charge is -2.11. The van der Waals surface area contributed by atoms with Crippen LogP contribution in [0, 0.1) is 6.92 Å². The van der Waals surface area contributed by atoms with Gasteiger partial charge in [0.2, 0.25) is 0 Å². The quantitative estimate of drug-likeness (QED) is 0.881. The van der Waals surface area contributed by atoms with Crippen molar-refractivity contribution in [1.29, 1.82) is 0 Å². The van der Waals surface area contributed by atoms with E-state index in [-0.39, 0.29) is 6.04 Å². The maximum atomic E-state index is 6.17. The Morgan fingerprint density at radius 3 is 2.83 bits per heavy atom. The van der Waals surface area contributed by atoms with Crippen LogP contribution in [-0.2, 0) is 0 Å². The highest BCUT2D eigenvalue weighted by Crippen LogP contribution is 2.23. The number of nitrogens with two attached hydrogens (primary N) is 1. The normalized spacial score (nSPS) is 12.4. The van der Waals surface area contributed by atoms with E-state index in [1.807, 2.05) is 19.1 Å². The molecule has 0 radical (unpaired) electrons. The second-order valence-electron chi connectivity index (χ2n) is 4.27. The molecule has 0 aliphatic heterocycles. The van der Waals surface area contributed by atoms with E-state index in [0.29, 0.717) is 6.61 Å². The van der Waals surface area contributed by atoms with E-state index in [2.05, 4.69) is 11.9 Å². The Morgan fingerprint density at radius 2 is 2.17 bits per heavy atom. The van der Waals surface area contributed by atoms with Crippen LogP contribution >= 0.6 is 0 Å². The molecule has 2 aromatic heterocycles. The van der Waals surface area contributed by atoms with Gasteiger partial charge in [-0.25, -0.2) is 0 Å². The smallest absolute Gasteiger partial charge is 0.137 e. The van der Waals surface area contributed by atoms with Gasteiger partial charge in [-0.1, -0.05) is 6.92 Å². The Kier molecular flexibility index (Phi) is 3.99. The van der Waals surface area contributed by atoms with Crippen molar-refractivity contribution < 1.29 is 9.15 Å². The molecule has 4 heteroatoms. The Morgan fingerprint density at radius 1 is 1.33 bits per heavy atom. The van der Waals surface area contributed by atoms with E-state index in [1.165, 1.54) is 0 Å². The molecule has 96 valence electrons. The fourth-order valence-electron chi connectivity index (χ4n) is 1.72. The molecule has 0 aliphatic carbocycles. The first-order valence-electron chi connectivity index (χ1n) is 6.09. The average molecular weight is 246 g/mol. The first-order chi connectivity index (χ1) is 8.70. The molecule has 2 rings (SSSR count).